The number of nitrogens with two attached hydrogens (primary N) is 1. The van der Waals surface area contributed by atoms with Crippen molar-refractivity contribution in [2.45, 2.75) is 38.5 Å². The van der Waals surface area contributed by atoms with Gasteiger partial charge in [-0.05, 0) is 56.7 Å². The number of nitrogens with zero attached hydrogens (tertiary/aromatic N) is 1. The standard InChI is InChI=1S/C23H28N4O4S/c1-14-5-7-16(8-6-14)20-19(22(28)25-2)18-13-17(15-9-10-15)21(26-23(18)31-20)27-32(29,30)12-4-3-11-24/h5-8,13,15H,3-4,9-12,24H2,1-2H3,(H,25,28)(H,26,27). The molecule has 0 atom stereocenters. The fourth-order valence-corrected chi connectivity index (χ4v) is 4.86. The molecule has 4 N–H and O–H groups in total. The topological polar surface area (TPSA) is 127 Å². The fraction of sp³-hybridized carbons (Fsp3) is 0.391. The minimum atomic E-state index is -3.57. The van der Waals surface area contributed by atoms with Gasteiger partial charge in [0.15, 0.2) is 0 Å². The van der Waals surface area contributed by atoms with Crippen LogP contribution in [0.15, 0.2) is 34.7 Å². The van der Waals surface area contributed by atoms with Crippen LogP contribution in [-0.2, 0) is 10.0 Å². The zero-order valence-corrected chi connectivity index (χ0v) is 19.1. The van der Waals surface area contributed by atoms with Crippen molar-refractivity contribution < 1.29 is 17.6 Å². The van der Waals surface area contributed by atoms with Gasteiger partial charge in [-0.25, -0.2) is 8.42 Å². The van der Waals surface area contributed by atoms with E-state index in [1.165, 1.54) is 0 Å². The Morgan fingerprint density at radius 2 is 1.94 bits per heavy atom. The summed E-state index contributed by atoms with van der Waals surface area (Å²) in [5.41, 5.74) is 8.74. The number of benzene rings is 1. The second kappa shape index (κ2) is 8.91. The lowest BCUT2D eigenvalue weighted by Crippen LogP contribution is -2.19. The van der Waals surface area contributed by atoms with Gasteiger partial charge in [0, 0.05) is 12.6 Å². The van der Waals surface area contributed by atoms with Crippen LogP contribution in [0.1, 0.15) is 53.1 Å². The van der Waals surface area contributed by atoms with Crippen molar-refractivity contribution in [3.05, 3.63) is 47.0 Å². The number of carbonyl (C=O) groups is 1. The van der Waals surface area contributed by atoms with Gasteiger partial charge in [-0.2, -0.15) is 4.98 Å². The number of sulfonamides is 1. The van der Waals surface area contributed by atoms with Gasteiger partial charge in [-0.3, -0.25) is 9.52 Å². The van der Waals surface area contributed by atoms with Crippen LogP contribution >= 0.6 is 0 Å². The summed E-state index contributed by atoms with van der Waals surface area (Å²) in [5, 5.41) is 3.26. The summed E-state index contributed by atoms with van der Waals surface area (Å²) in [5.74, 6) is 0.600. The molecule has 1 amide bonds. The maximum Gasteiger partial charge on any atom is 0.255 e. The third-order valence-electron chi connectivity index (χ3n) is 5.62. The van der Waals surface area contributed by atoms with Crippen LogP contribution in [0.4, 0.5) is 5.82 Å². The van der Waals surface area contributed by atoms with Gasteiger partial charge in [0.1, 0.15) is 11.6 Å². The summed E-state index contributed by atoms with van der Waals surface area (Å²) < 4.78 is 33.9. The largest absolute Gasteiger partial charge is 0.437 e. The van der Waals surface area contributed by atoms with Crippen LogP contribution in [0.5, 0.6) is 0 Å². The number of hydrogen-bond acceptors (Lipinski definition) is 6. The average Bonchev–Trinajstić information content (AvgIpc) is 3.54. The Bertz CT molecular complexity index is 1250. The molecule has 0 aliphatic heterocycles. The van der Waals surface area contributed by atoms with E-state index in [0.29, 0.717) is 36.1 Å². The van der Waals surface area contributed by atoms with Gasteiger partial charge in [-0.1, -0.05) is 29.8 Å². The number of unbranched alkanes of at least 4 members (excludes halogenated alkanes) is 1. The second-order valence-electron chi connectivity index (χ2n) is 8.22. The Kier molecular flexibility index (Phi) is 6.21. The normalized spacial score (nSPS) is 14.0. The highest BCUT2D eigenvalue weighted by Gasteiger charge is 2.31. The van der Waals surface area contributed by atoms with Crippen LogP contribution in [0.3, 0.4) is 0 Å². The lowest BCUT2D eigenvalue weighted by molar-refractivity contribution is 0.0964. The van der Waals surface area contributed by atoms with Gasteiger partial charge in [-0.15, -0.1) is 0 Å². The third kappa shape index (κ3) is 4.63. The minimum absolute atomic E-state index is 0.0235. The molecule has 4 rings (SSSR count). The zero-order chi connectivity index (χ0) is 22.9. The minimum Gasteiger partial charge on any atom is -0.437 e. The predicted octanol–water partition coefficient (Wildman–Crippen LogP) is 3.52. The number of amides is 1. The first-order valence-corrected chi connectivity index (χ1v) is 12.5. The number of nitrogens with one attached hydrogen (secondary N) is 2. The number of furan rings is 1. The number of pyridine rings is 1. The Hall–Kier alpha value is -2.91. The number of aryl methyl sites for hydroxylation is 1. The smallest absolute Gasteiger partial charge is 0.255 e. The number of fused-ring (bicyclic) bond motifs is 1. The summed E-state index contributed by atoms with van der Waals surface area (Å²) >= 11 is 0. The SMILES string of the molecule is CNC(=O)c1c(-c2ccc(C)cc2)oc2nc(NS(=O)(=O)CCCCN)c(C3CC3)cc12. The van der Waals surface area contributed by atoms with Crippen LogP contribution < -0.4 is 15.8 Å². The van der Waals surface area contributed by atoms with Crippen molar-refractivity contribution in [1.82, 2.24) is 10.3 Å². The van der Waals surface area contributed by atoms with Crippen molar-refractivity contribution in [2.75, 3.05) is 24.1 Å². The molecular weight excluding hydrogens is 428 g/mol. The van der Waals surface area contributed by atoms with E-state index in [1.54, 1.807) is 7.05 Å². The number of rotatable bonds is 9. The van der Waals surface area contributed by atoms with Gasteiger partial charge in [0.05, 0.1) is 16.7 Å². The van der Waals surface area contributed by atoms with Crippen LogP contribution in [0.2, 0.25) is 0 Å². The number of hydrogen-bond donors (Lipinski definition) is 3. The predicted molar refractivity (Wildman–Crippen MR) is 125 cm³/mol. The Morgan fingerprint density at radius 1 is 1.22 bits per heavy atom. The molecule has 0 spiro atoms. The van der Waals surface area contributed by atoms with Crippen molar-refractivity contribution in [1.29, 1.82) is 0 Å². The molecule has 32 heavy (non-hydrogen) atoms. The highest BCUT2D eigenvalue weighted by molar-refractivity contribution is 7.92. The van der Waals surface area contributed by atoms with Crippen LogP contribution in [-0.4, -0.2) is 38.7 Å². The molecule has 0 bridgehead atoms. The Labute approximate surface area is 187 Å². The molecule has 1 saturated carbocycles. The molecule has 2 heterocycles. The number of aromatic nitrogens is 1. The highest BCUT2D eigenvalue weighted by Crippen LogP contribution is 2.45. The first kappa shape index (κ1) is 22.3. The van der Waals surface area contributed by atoms with Crippen molar-refractivity contribution in [2.24, 2.45) is 5.73 Å². The summed E-state index contributed by atoms with van der Waals surface area (Å²) in [6.07, 6.45) is 3.02. The molecule has 1 fully saturated rings. The van der Waals surface area contributed by atoms with Crippen molar-refractivity contribution >= 4 is 32.8 Å². The van der Waals surface area contributed by atoms with Gasteiger partial charge >= 0.3 is 0 Å². The lowest BCUT2D eigenvalue weighted by Gasteiger charge is -2.11. The van der Waals surface area contributed by atoms with Crippen LogP contribution in [0.25, 0.3) is 22.4 Å². The number of carbonyl (C=O) groups excluding carboxylic acids is 1. The average molecular weight is 457 g/mol. The zero-order valence-electron chi connectivity index (χ0n) is 18.3. The molecule has 8 nitrogen and oxygen atoms in total. The number of anilines is 1. The van der Waals surface area contributed by atoms with Crippen molar-refractivity contribution in [3.63, 3.8) is 0 Å². The molecular formula is C23H28N4O4S. The monoisotopic (exact) mass is 456 g/mol. The van der Waals surface area contributed by atoms with Crippen molar-refractivity contribution in [3.8, 4) is 11.3 Å². The molecule has 0 radical (unpaired) electrons. The lowest BCUT2D eigenvalue weighted by atomic mass is 10.0. The molecule has 3 aromatic rings. The summed E-state index contributed by atoms with van der Waals surface area (Å²) in [6, 6.07) is 9.52. The van der Waals surface area contributed by atoms with Crippen LogP contribution in [0, 0.1) is 6.92 Å². The molecule has 9 heteroatoms. The first-order chi connectivity index (χ1) is 15.3. The second-order valence-corrected chi connectivity index (χ2v) is 10.1. The van der Waals surface area contributed by atoms with E-state index in [1.807, 2.05) is 37.3 Å². The van der Waals surface area contributed by atoms with E-state index in [4.69, 9.17) is 10.2 Å². The molecule has 2 aromatic heterocycles. The maximum atomic E-state index is 12.8. The first-order valence-electron chi connectivity index (χ1n) is 10.8. The summed E-state index contributed by atoms with van der Waals surface area (Å²) in [6.45, 7) is 2.43. The molecule has 1 aliphatic rings. The van der Waals surface area contributed by atoms with E-state index in [0.717, 1.165) is 29.5 Å². The molecule has 1 aliphatic carbocycles. The van der Waals surface area contributed by atoms with E-state index in [2.05, 4.69) is 15.0 Å². The third-order valence-corrected chi connectivity index (χ3v) is 6.95. The molecule has 1 aromatic carbocycles. The summed E-state index contributed by atoms with van der Waals surface area (Å²) in [4.78, 5) is 17.3. The molecule has 170 valence electrons. The molecule has 0 saturated heterocycles. The van der Waals surface area contributed by atoms with E-state index < -0.39 is 10.0 Å². The molecule has 0 unspecified atom stereocenters. The van der Waals surface area contributed by atoms with Gasteiger partial charge in [0.2, 0.25) is 15.7 Å². The summed E-state index contributed by atoms with van der Waals surface area (Å²) in [7, 11) is -2.01. The Morgan fingerprint density at radius 3 is 2.56 bits per heavy atom. The van der Waals surface area contributed by atoms with E-state index in [9.17, 15) is 13.2 Å². The van der Waals surface area contributed by atoms with E-state index in [-0.39, 0.29) is 29.1 Å². The highest BCUT2D eigenvalue weighted by atomic mass is 32.2. The van der Waals surface area contributed by atoms with Gasteiger partial charge < -0.3 is 15.5 Å². The quantitative estimate of drug-likeness (QED) is 0.423. The fourth-order valence-electron chi connectivity index (χ4n) is 3.72. The van der Waals surface area contributed by atoms with Gasteiger partial charge in [0.25, 0.3) is 5.91 Å². The Balaban J connectivity index is 1.83. The maximum absolute atomic E-state index is 12.8. The van der Waals surface area contributed by atoms with E-state index >= 15 is 0 Å².